The fraction of sp³-hybridized carbons (Fsp3) is 0.316. The minimum absolute atomic E-state index is 0.0197. The van der Waals surface area contributed by atoms with Crippen molar-refractivity contribution < 1.29 is 9.53 Å². The van der Waals surface area contributed by atoms with Crippen LogP contribution in [-0.4, -0.2) is 12.6 Å². The van der Waals surface area contributed by atoms with Crippen LogP contribution in [0.4, 0.5) is 0 Å². The Bertz CT molecular complexity index is 759. The van der Waals surface area contributed by atoms with Crippen LogP contribution in [0.25, 0.3) is 10.8 Å². The van der Waals surface area contributed by atoms with Crippen molar-refractivity contribution >= 4 is 16.7 Å². The van der Waals surface area contributed by atoms with E-state index in [1.165, 1.54) is 21.9 Å². The number of rotatable bonds is 2. The summed E-state index contributed by atoms with van der Waals surface area (Å²) in [5.41, 5.74) is 2.19. The Hall–Kier alpha value is -2.09. The molecule has 0 saturated carbocycles. The lowest BCUT2D eigenvalue weighted by Gasteiger charge is -2.25. The van der Waals surface area contributed by atoms with E-state index < -0.39 is 0 Å². The van der Waals surface area contributed by atoms with Gasteiger partial charge in [0.1, 0.15) is 0 Å². The number of benzene rings is 2. The fourth-order valence-corrected chi connectivity index (χ4v) is 3.91. The zero-order valence-corrected chi connectivity index (χ0v) is 12.1. The van der Waals surface area contributed by atoms with Crippen molar-refractivity contribution in [2.75, 3.05) is 6.61 Å². The smallest absolute Gasteiger partial charge is 0.313 e. The number of allylic oxidation sites excluding steroid dienone is 1. The highest BCUT2D eigenvalue weighted by Gasteiger charge is 2.54. The van der Waals surface area contributed by atoms with Crippen LogP contribution in [0.3, 0.4) is 0 Å². The molecule has 1 aliphatic heterocycles. The number of hydrogen-bond acceptors (Lipinski definition) is 2. The maximum absolute atomic E-state index is 12.3. The van der Waals surface area contributed by atoms with Crippen molar-refractivity contribution in [3.8, 4) is 0 Å². The summed E-state index contributed by atoms with van der Waals surface area (Å²) in [4.78, 5) is 12.3. The van der Waals surface area contributed by atoms with Crippen molar-refractivity contribution in [1.29, 1.82) is 0 Å². The van der Waals surface area contributed by atoms with E-state index in [-0.39, 0.29) is 17.3 Å². The van der Waals surface area contributed by atoms with Gasteiger partial charge in [0.15, 0.2) is 0 Å². The predicted octanol–water partition coefficient (Wildman–Crippen LogP) is 3.89. The van der Waals surface area contributed by atoms with Crippen LogP contribution >= 0.6 is 0 Å². The minimum Gasteiger partial charge on any atom is -0.465 e. The van der Waals surface area contributed by atoms with Crippen LogP contribution in [0.5, 0.6) is 0 Å². The summed E-state index contributed by atoms with van der Waals surface area (Å²) in [5, 5.41) is 2.47. The molecule has 21 heavy (non-hydrogen) atoms. The summed E-state index contributed by atoms with van der Waals surface area (Å²) in [6.45, 7) is 2.66. The van der Waals surface area contributed by atoms with Crippen LogP contribution < -0.4 is 0 Å². The van der Waals surface area contributed by atoms with Crippen LogP contribution in [0.1, 0.15) is 18.9 Å². The first-order valence-electron chi connectivity index (χ1n) is 7.50. The van der Waals surface area contributed by atoms with Gasteiger partial charge in [-0.05, 0) is 36.1 Å². The maximum atomic E-state index is 12.3. The van der Waals surface area contributed by atoms with Gasteiger partial charge in [0, 0.05) is 5.92 Å². The summed E-state index contributed by atoms with van der Waals surface area (Å²) in [7, 11) is 0. The first-order chi connectivity index (χ1) is 10.2. The standard InChI is InChI=1S/C19H18O2/c1-13-8-17-12-21-18(20)19(17,10-13)11-14-6-7-15-4-2-3-5-16(15)9-14/h2-9,17H,10-12H2,1H3/t17-,19-/m1/s1. The van der Waals surface area contributed by atoms with Crippen molar-refractivity contribution in [3.05, 3.63) is 59.7 Å². The molecule has 2 nitrogen and oxygen atoms in total. The Morgan fingerprint density at radius 3 is 2.86 bits per heavy atom. The molecular formula is C19H18O2. The largest absolute Gasteiger partial charge is 0.465 e. The second-order valence-electron chi connectivity index (χ2n) is 6.41. The highest BCUT2D eigenvalue weighted by atomic mass is 16.5. The molecule has 1 aliphatic carbocycles. The molecule has 0 unspecified atom stereocenters. The first-order valence-corrected chi connectivity index (χ1v) is 7.50. The SMILES string of the molecule is CC1=C[C@@H]2COC(=O)[C@@]2(Cc2ccc3ccccc3c2)C1. The lowest BCUT2D eigenvalue weighted by atomic mass is 9.74. The molecule has 4 rings (SSSR count). The molecule has 0 bridgehead atoms. The van der Waals surface area contributed by atoms with Gasteiger partial charge in [-0.1, -0.05) is 54.1 Å². The molecule has 2 aromatic rings. The Balaban J connectivity index is 1.72. The molecule has 2 atom stereocenters. The average molecular weight is 278 g/mol. The molecule has 1 fully saturated rings. The predicted molar refractivity (Wildman–Crippen MR) is 82.9 cm³/mol. The molecule has 1 heterocycles. The van der Waals surface area contributed by atoms with Gasteiger partial charge in [0.05, 0.1) is 12.0 Å². The van der Waals surface area contributed by atoms with E-state index in [1.54, 1.807) is 0 Å². The Morgan fingerprint density at radius 2 is 2.00 bits per heavy atom. The molecule has 2 aromatic carbocycles. The number of carbonyl (C=O) groups is 1. The van der Waals surface area contributed by atoms with Gasteiger partial charge < -0.3 is 4.74 Å². The van der Waals surface area contributed by atoms with E-state index in [9.17, 15) is 4.79 Å². The number of esters is 1. The third kappa shape index (κ3) is 1.90. The fourth-order valence-electron chi connectivity index (χ4n) is 3.91. The lowest BCUT2D eigenvalue weighted by molar-refractivity contribution is -0.146. The summed E-state index contributed by atoms with van der Waals surface area (Å²) < 4.78 is 5.35. The number of carbonyl (C=O) groups excluding carboxylic acids is 1. The summed E-state index contributed by atoms with van der Waals surface area (Å²) in [5.74, 6) is 0.227. The van der Waals surface area contributed by atoms with Gasteiger partial charge in [0.2, 0.25) is 0 Å². The van der Waals surface area contributed by atoms with Crippen molar-refractivity contribution in [1.82, 2.24) is 0 Å². The Kier molecular flexibility index (Phi) is 2.68. The summed E-state index contributed by atoms with van der Waals surface area (Å²) in [6.07, 6.45) is 3.84. The van der Waals surface area contributed by atoms with Gasteiger partial charge in [-0.3, -0.25) is 4.79 Å². The van der Waals surface area contributed by atoms with Gasteiger partial charge in [-0.25, -0.2) is 0 Å². The van der Waals surface area contributed by atoms with Gasteiger partial charge >= 0.3 is 5.97 Å². The zero-order valence-electron chi connectivity index (χ0n) is 12.1. The molecule has 1 saturated heterocycles. The molecule has 2 heteroatoms. The Morgan fingerprint density at radius 1 is 1.19 bits per heavy atom. The van der Waals surface area contributed by atoms with E-state index in [4.69, 9.17) is 4.74 Å². The quantitative estimate of drug-likeness (QED) is 0.615. The number of cyclic esters (lactones) is 1. The first kappa shape index (κ1) is 12.6. The molecule has 0 spiro atoms. The second kappa shape index (κ2) is 4.45. The van der Waals surface area contributed by atoms with Gasteiger partial charge in [0.25, 0.3) is 0 Å². The molecular weight excluding hydrogens is 260 g/mol. The zero-order chi connectivity index (χ0) is 14.4. The molecule has 0 radical (unpaired) electrons. The maximum Gasteiger partial charge on any atom is 0.313 e. The van der Waals surface area contributed by atoms with Crippen LogP contribution in [0.2, 0.25) is 0 Å². The second-order valence-corrected chi connectivity index (χ2v) is 6.41. The average Bonchev–Trinajstić information content (AvgIpc) is 2.94. The van der Waals surface area contributed by atoms with E-state index in [2.05, 4.69) is 55.5 Å². The summed E-state index contributed by atoms with van der Waals surface area (Å²) >= 11 is 0. The molecule has 0 N–H and O–H groups in total. The van der Waals surface area contributed by atoms with E-state index >= 15 is 0 Å². The minimum atomic E-state index is -0.355. The normalized spacial score (nSPS) is 27.6. The molecule has 0 aromatic heterocycles. The van der Waals surface area contributed by atoms with Crippen molar-refractivity contribution in [2.45, 2.75) is 19.8 Å². The van der Waals surface area contributed by atoms with Gasteiger partial charge in [-0.2, -0.15) is 0 Å². The lowest BCUT2D eigenvalue weighted by Crippen LogP contribution is -2.32. The van der Waals surface area contributed by atoms with Crippen LogP contribution in [-0.2, 0) is 16.0 Å². The van der Waals surface area contributed by atoms with E-state index in [1.807, 2.05) is 0 Å². The number of ether oxygens (including phenoxy) is 1. The van der Waals surface area contributed by atoms with Crippen LogP contribution in [0.15, 0.2) is 54.1 Å². The van der Waals surface area contributed by atoms with Gasteiger partial charge in [-0.15, -0.1) is 0 Å². The highest BCUT2D eigenvalue weighted by molar-refractivity contribution is 5.84. The monoisotopic (exact) mass is 278 g/mol. The number of hydrogen-bond donors (Lipinski definition) is 0. The van der Waals surface area contributed by atoms with Crippen LogP contribution in [0, 0.1) is 11.3 Å². The van der Waals surface area contributed by atoms with E-state index in [0.29, 0.717) is 6.61 Å². The van der Waals surface area contributed by atoms with Crippen molar-refractivity contribution in [3.63, 3.8) is 0 Å². The highest BCUT2D eigenvalue weighted by Crippen LogP contribution is 2.49. The Labute approximate surface area is 124 Å². The molecule has 2 aliphatic rings. The van der Waals surface area contributed by atoms with Crippen molar-refractivity contribution in [2.24, 2.45) is 11.3 Å². The topological polar surface area (TPSA) is 26.3 Å². The third-order valence-corrected chi connectivity index (χ3v) is 4.92. The van der Waals surface area contributed by atoms with E-state index in [0.717, 1.165) is 12.8 Å². The molecule has 106 valence electrons. The number of fused-ring (bicyclic) bond motifs is 2. The summed E-state index contributed by atoms with van der Waals surface area (Å²) in [6, 6.07) is 14.8. The molecule has 0 amide bonds. The third-order valence-electron chi connectivity index (χ3n) is 4.92.